The van der Waals surface area contributed by atoms with Gasteiger partial charge in [-0.2, -0.15) is 5.10 Å². The van der Waals surface area contributed by atoms with Crippen molar-refractivity contribution in [3.8, 4) is 5.82 Å². The van der Waals surface area contributed by atoms with E-state index in [1.807, 2.05) is 48.7 Å². The molecule has 0 spiro atoms. The summed E-state index contributed by atoms with van der Waals surface area (Å²) < 4.78 is 1.67. The molecule has 3 aromatic rings. The van der Waals surface area contributed by atoms with Crippen LogP contribution in [0, 0.1) is 0 Å². The van der Waals surface area contributed by atoms with Gasteiger partial charge in [-0.3, -0.25) is 9.59 Å². The van der Waals surface area contributed by atoms with Crippen molar-refractivity contribution in [3.05, 3.63) is 66.6 Å². The summed E-state index contributed by atoms with van der Waals surface area (Å²) in [6.07, 6.45) is 5.55. The lowest BCUT2D eigenvalue weighted by Crippen LogP contribution is -2.36. The van der Waals surface area contributed by atoms with Gasteiger partial charge in [-0.15, -0.1) is 11.8 Å². The van der Waals surface area contributed by atoms with E-state index in [1.165, 1.54) is 0 Å². The van der Waals surface area contributed by atoms with Crippen LogP contribution in [0.25, 0.3) is 5.82 Å². The van der Waals surface area contributed by atoms with E-state index in [-0.39, 0.29) is 24.7 Å². The molecule has 1 N–H and O–H groups in total. The Morgan fingerprint density at radius 3 is 2.86 bits per heavy atom. The molecule has 1 aliphatic heterocycles. The third-order valence-electron chi connectivity index (χ3n) is 4.63. The molecule has 2 aromatic heterocycles. The first kappa shape index (κ1) is 19.2. The highest BCUT2D eigenvalue weighted by atomic mass is 32.2. The molecule has 8 heteroatoms. The van der Waals surface area contributed by atoms with Crippen molar-refractivity contribution in [2.45, 2.75) is 24.3 Å². The summed E-state index contributed by atoms with van der Waals surface area (Å²) in [6, 6.07) is 13.4. The van der Waals surface area contributed by atoms with Crippen LogP contribution in [-0.4, -0.2) is 38.9 Å². The highest BCUT2D eigenvalue weighted by Crippen LogP contribution is 2.34. The molecule has 1 aliphatic rings. The lowest BCUT2D eigenvalue weighted by molar-refractivity contribution is -0.125. The quantitative estimate of drug-likeness (QED) is 0.680. The number of para-hydroxylation sites is 1. The number of hydrogen-bond donors (Lipinski definition) is 1. The Bertz CT molecular complexity index is 1010. The minimum Gasteiger partial charge on any atom is -0.352 e. The average molecular weight is 407 g/mol. The fourth-order valence-corrected chi connectivity index (χ4v) is 4.17. The van der Waals surface area contributed by atoms with Crippen LogP contribution in [0.15, 0.2) is 66.0 Å². The number of rotatable bonds is 6. The predicted molar refractivity (Wildman–Crippen MR) is 112 cm³/mol. The van der Waals surface area contributed by atoms with Crippen molar-refractivity contribution >= 4 is 29.3 Å². The second-order valence-corrected chi connectivity index (χ2v) is 7.75. The molecule has 0 bridgehead atoms. The van der Waals surface area contributed by atoms with Gasteiger partial charge in [-0.1, -0.05) is 12.1 Å². The second kappa shape index (κ2) is 8.91. The van der Waals surface area contributed by atoms with Gasteiger partial charge in [0, 0.05) is 55.2 Å². The van der Waals surface area contributed by atoms with Gasteiger partial charge >= 0.3 is 0 Å². The van der Waals surface area contributed by atoms with E-state index in [0.29, 0.717) is 18.9 Å². The lowest BCUT2D eigenvalue weighted by Gasteiger charge is -2.29. The monoisotopic (exact) mass is 407 g/mol. The first-order chi connectivity index (χ1) is 14.2. The molecule has 0 aliphatic carbocycles. The van der Waals surface area contributed by atoms with Crippen molar-refractivity contribution in [2.75, 3.05) is 17.2 Å². The van der Waals surface area contributed by atoms with Crippen LogP contribution in [0.5, 0.6) is 0 Å². The van der Waals surface area contributed by atoms with Crippen LogP contribution in [0.1, 0.15) is 18.4 Å². The summed E-state index contributed by atoms with van der Waals surface area (Å²) in [5, 5.41) is 7.03. The van der Waals surface area contributed by atoms with E-state index < -0.39 is 0 Å². The highest BCUT2D eigenvalue weighted by molar-refractivity contribution is 7.99. The Balaban J connectivity index is 1.29. The Morgan fingerprint density at radius 2 is 2.00 bits per heavy atom. The highest BCUT2D eigenvalue weighted by Gasteiger charge is 2.22. The van der Waals surface area contributed by atoms with Crippen molar-refractivity contribution in [3.63, 3.8) is 0 Å². The molecule has 0 radical (unpaired) electrons. The van der Waals surface area contributed by atoms with E-state index in [1.54, 1.807) is 33.7 Å². The second-order valence-electron chi connectivity index (χ2n) is 6.61. The van der Waals surface area contributed by atoms with E-state index in [9.17, 15) is 9.59 Å². The first-order valence-electron chi connectivity index (χ1n) is 9.44. The third kappa shape index (κ3) is 4.65. The number of nitrogens with one attached hydrogen (secondary N) is 1. The van der Waals surface area contributed by atoms with Crippen LogP contribution in [0.4, 0.5) is 5.69 Å². The SMILES string of the molecule is O=C(CCC(=O)N1CCSc2ccccc21)NCc1ccnc(-n2cccn2)c1. The summed E-state index contributed by atoms with van der Waals surface area (Å²) in [5.74, 6) is 1.40. The van der Waals surface area contributed by atoms with E-state index in [2.05, 4.69) is 15.4 Å². The Labute approximate surface area is 173 Å². The summed E-state index contributed by atoms with van der Waals surface area (Å²) >= 11 is 1.76. The first-order valence-corrected chi connectivity index (χ1v) is 10.4. The zero-order valence-corrected chi connectivity index (χ0v) is 16.6. The zero-order chi connectivity index (χ0) is 20.1. The zero-order valence-electron chi connectivity index (χ0n) is 15.8. The standard InChI is InChI=1S/C21H21N5O2S/c27-20(23-15-16-8-10-22-19(14-16)26-11-3-9-24-26)6-7-21(28)25-12-13-29-18-5-2-1-4-17(18)25/h1-5,8-11,14H,6-7,12-13,15H2,(H,23,27). The molecule has 0 saturated heterocycles. The van der Waals surface area contributed by atoms with Crippen molar-refractivity contribution < 1.29 is 9.59 Å². The smallest absolute Gasteiger partial charge is 0.227 e. The molecule has 3 heterocycles. The van der Waals surface area contributed by atoms with Crippen LogP contribution in [-0.2, 0) is 16.1 Å². The minimum atomic E-state index is -0.143. The van der Waals surface area contributed by atoms with Crippen LogP contribution >= 0.6 is 11.8 Å². The number of amides is 2. The molecule has 2 amide bonds. The van der Waals surface area contributed by atoms with Gasteiger partial charge in [0.05, 0.1) is 5.69 Å². The number of nitrogens with zero attached hydrogens (tertiary/aromatic N) is 4. The number of anilines is 1. The summed E-state index contributed by atoms with van der Waals surface area (Å²) in [5.41, 5.74) is 1.87. The van der Waals surface area contributed by atoms with E-state index in [4.69, 9.17) is 0 Å². The summed E-state index contributed by atoms with van der Waals surface area (Å²) in [7, 11) is 0. The van der Waals surface area contributed by atoms with Crippen molar-refractivity contribution in [1.82, 2.24) is 20.1 Å². The summed E-state index contributed by atoms with van der Waals surface area (Å²) in [4.78, 5) is 32.1. The molecular formula is C21H21N5O2S. The van der Waals surface area contributed by atoms with Gasteiger partial charge in [-0.05, 0) is 35.9 Å². The number of pyridine rings is 1. The van der Waals surface area contributed by atoms with Crippen LogP contribution < -0.4 is 10.2 Å². The number of fused-ring (bicyclic) bond motifs is 1. The largest absolute Gasteiger partial charge is 0.352 e. The number of carbonyl (C=O) groups excluding carboxylic acids is 2. The lowest BCUT2D eigenvalue weighted by atomic mass is 10.2. The van der Waals surface area contributed by atoms with Gasteiger partial charge in [0.25, 0.3) is 0 Å². The maximum Gasteiger partial charge on any atom is 0.227 e. The van der Waals surface area contributed by atoms with Gasteiger partial charge in [0.15, 0.2) is 5.82 Å². The molecule has 29 heavy (non-hydrogen) atoms. The fraction of sp³-hybridized carbons (Fsp3) is 0.238. The van der Waals surface area contributed by atoms with Gasteiger partial charge in [-0.25, -0.2) is 9.67 Å². The summed E-state index contributed by atoms with van der Waals surface area (Å²) in [6.45, 7) is 1.06. The minimum absolute atomic E-state index is 0.0159. The fourth-order valence-electron chi connectivity index (χ4n) is 3.17. The maximum atomic E-state index is 12.6. The molecule has 0 saturated carbocycles. The van der Waals surface area contributed by atoms with Crippen molar-refractivity contribution in [1.29, 1.82) is 0 Å². The Hall–Kier alpha value is -3.13. The molecular weight excluding hydrogens is 386 g/mol. The molecule has 1 aromatic carbocycles. The molecule has 148 valence electrons. The average Bonchev–Trinajstić information content (AvgIpc) is 3.31. The topological polar surface area (TPSA) is 80.1 Å². The molecule has 0 unspecified atom stereocenters. The van der Waals surface area contributed by atoms with Gasteiger partial charge in [0.2, 0.25) is 11.8 Å². The third-order valence-corrected chi connectivity index (χ3v) is 5.68. The van der Waals surface area contributed by atoms with Crippen LogP contribution in [0.2, 0.25) is 0 Å². The molecule has 4 rings (SSSR count). The van der Waals surface area contributed by atoms with E-state index >= 15 is 0 Å². The molecule has 0 atom stereocenters. The van der Waals surface area contributed by atoms with Crippen LogP contribution in [0.3, 0.4) is 0 Å². The number of benzene rings is 1. The maximum absolute atomic E-state index is 12.6. The normalized spacial score (nSPS) is 13.0. The predicted octanol–water partition coefficient (Wildman–Crippen LogP) is 2.80. The molecule has 0 fully saturated rings. The number of thioether (sulfide) groups is 1. The van der Waals surface area contributed by atoms with E-state index in [0.717, 1.165) is 21.9 Å². The van der Waals surface area contributed by atoms with Gasteiger partial charge < -0.3 is 10.2 Å². The Kier molecular flexibility index (Phi) is 5.90. The number of carbonyl (C=O) groups is 2. The van der Waals surface area contributed by atoms with Crippen molar-refractivity contribution in [2.24, 2.45) is 0 Å². The number of hydrogen-bond acceptors (Lipinski definition) is 5. The number of aromatic nitrogens is 3. The molecule has 7 nitrogen and oxygen atoms in total. The van der Waals surface area contributed by atoms with Gasteiger partial charge in [0.1, 0.15) is 0 Å². The Morgan fingerprint density at radius 1 is 1.10 bits per heavy atom.